The molecule has 4 nitrogen and oxygen atoms in total. The molecule has 0 spiro atoms. The number of ether oxygens (including phenoxy) is 1. The van der Waals surface area contributed by atoms with Crippen molar-refractivity contribution in [3.8, 4) is 5.75 Å². The molecule has 1 amide bonds. The number of benzene rings is 2. The average molecular weight is 324 g/mol. The molecule has 3 aromatic rings. The molecule has 3 rings (SSSR count). The summed E-state index contributed by atoms with van der Waals surface area (Å²) in [5.74, 6) is 0.0153. The number of carbonyl (C=O) groups is 1. The Bertz CT molecular complexity index is 844. The molecular formula is C19H17FN2O2. The van der Waals surface area contributed by atoms with E-state index in [0.717, 1.165) is 16.5 Å². The molecule has 24 heavy (non-hydrogen) atoms. The number of halogens is 1. The van der Waals surface area contributed by atoms with Gasteiger partial charge in [0.1, 0.15) is 17.1 Å². The van der Waals surface area contributed by atoms with Crippen molar-refractivity contribution in [2.45, 2.75) is 13.0 Å². The van der Waals surface area contributed by atoms with Gasteiger partial charge >= 0.3 is 0 Å². The van der Waals surface area contributed by atoms with Gasteiger partial charge < -0.3 is 10.1 Å². The molecule has 122 valence electrons. The zero-order valence-corrected chi connectivity index (χ0v) is 13.2. The number of hydrogen-bond donors (Lipinski definition) is 1. The topological polar surface area (TPSA) is 51.2 Å². The molecule has 1 aromatic heterocycles. The summed E-state index contributed by atoms with van der Waals surface area (Å²) < 4.78 is 18.5. The zero-order chi connectivity index (χ0) is 16.9. The number of nitrogens with one attached hydrogen (secondary N) is 1. The van der Waals surface area contributed by atoms with Gasteiger partial charge in [-0.05, 0) is 36.8 Å². The van der Waals surface area contributed by atoms with E-state index in [9.17, 15) is 9.18 Å². The van der Waals surface area contributed by atoms with Crippen LogP contribution < -0.4 is 10.1 Å². The third-order valence-electron chi connectivity index (χ3n) is 3.70. The summed E-state index contributed by atoms with van der Waals surface area (Å²) in [4.78, 5) is 16.4. The Hall–Kier alpha value is -2.95. The largest absolute Gasteiger partial charge is 0.481 e. The third-order valence-corrected chi connectivity index (χ3v) is 3.70. The fraction of sp³-hybridized carbons (Fsp3) is 0.158. The van der Waals surface area contributed by atoms with E-state index >= 15 is 0 Å². The lowest BCUT2D eigenvalue weighted by Gasteiger charge is -2.15. The Labute approximate surface area is 139 Å². The fourth-order valence-electron chi connectivity index (χ4n) is 2.45. The molecule has 1 N–H and O–H groups in total. The van der Waals surface area contributed by atoms with Gasteiger partial charge in [-0.1, -0.05) is 30.3 Å². The highest BCUT2D eigenvalue weighted by molar-refractivity contribution is 5.85. The van der Waals surface area contributed by atoms with Crippen LogP contribution in [0.2, 0.25) is 0 Å². The highest BCUT2D eigenvalue weighted by Gasteiger charge is 2.11. The Morgan fingerprint density at radius 1 is 1.17 bits per heavy atom. The van der Waals surface area contributed by atoms with Gasteiger partial charge in [-0.2, -0.15) is 0 Å². The number of para-hydroxylation sites is 1. The molecule has 5 heteroatoms. The maximum Gasteiger partial charge on any atom is 0.258 e. The number of nitrogens with zero attached hydrogens (tertiary/aromatic N) is 1. The molecule has 0 aliphatic heterocycles. The van der Waals surface area contributed by atoms with Gasteiger partial charge in [0.2, 0.25) is 0 Å². The van der Waals surface area contributed by atoms with Gasteiger partial charge in [0, 0.05) is 11.6 Å². The second-order valence-corrected chi connectivity index (χ2v) is 5.46. The van der Waals surface area contributed by atoms with Crippen molar-refractivity contribution in [3.05, 3.63) is 72.2 Å². The second kappa shape index (κ2) is 7.08. The molecular weight excluding hydrogens is 307 g/mol. The number of carbonyl (C=O) groups excluding carboxylic acids is 1. The smallest absolute Gasteiger partial charge is 0.258 e. The lowest BCUT2D eigenvalue weighted by atomic mass is 10.1. The highest BCUT2D eigenvalue weighted by atomic mass is 19.1. The Kier molecular flexibility index (Phi) is 4.70. The molecule has 2 aromatic carbocycles. The minimum Gasteiger partial charge on any atom is -0.481 e. The number of hydrogen-bond acceptors (Lipinski definition) is 3. The highest BCUT2D eigenvalue weighted by Crippen LogP contribution is 2.22. The number of aromatic nitrogens is 1. The van der Waals surface area contributed by atoms with E-state index in [4.69, 9.17) is 4.74 Å². The van der Waals surface area contributed by atoms with Crippen LogP contribution in [0.3, 0.4) is 0 Å². The van der Waals surface area contributed by atoms with E-state index < -0.39 is 0 Å². The molecule has 0 aliphatic carbocycles. The molecule has 1 heterocycles. The van der Waals surface area contributed by atoms with Crippen LogP contribution in [0.15, 0.2) is 60.8 Å². The summed E-state index contributed by atoms with van der Waals surface area (Å²) in [6, 6.07) is 15.2. The molecule has 0 radical (unpaired) electrons. The first kappa shape index (κ1) is 15.9. The van der Waals surface area contributed by atoms with Crippen LogP contribution in [0.25, 0.3) is 10.9 Å². The summed E-state index contributed by atoms with van der Waals surface area (Å²) in [6.07, 6.45) is 1.69. The molecule has 0 aliphatic rings. The van der Waals surface area contributed by atoms with E-state index in [1.807, 2.05) is 31.2 Å². The van der Waals surface area contributed by atoms with Gasteiger partial charge in [-0.3, -0.25) is 9.78 Å². The van der Waals surface area contributed by atoms with Crippen molar-refractivity contribution in [1.29, 1.82) is 0 Å². The SMILES string of the molecule is C[C@@H](NC(=O)COc1cccc2cccnc12)c1ccc(F)cc1. The number of rotatable bonds is 5. The van der Waals surface area contributed by atoms with E-state index in [2.05, 4.69) is 10.3 Å². The van der Waals surface area contributed by atoms with Crippen LogP contribution in [0.5, 0.6) is 5.75 Å². The fourth-order valence-corrected chi connectivity index (χ4v) is 2.45. The summed E-state index contributed by atoms with van der Waals surface area (Å²) in [6.45, 7) is 1.73. The van der Waals surface area contributed by atoms with E-state index in [0.29, 0.717) is 5.75 Å². The number of amides is 1. The lowest BCUT2D eigenvalue weighted by molar-refractivity contribution is -0.123. The number of pyridine rings is 1. The van der Waals surface area contributed by atoms with Gasteiger partial charge in [-0.15, -0.1) is 0 Å². The summed E-state index contributed by atoms with van der Waals surface area (Å²) >= 11 is 0. The van der Waals surface area contributed by atoms with Crippen LogP contribution in [0.1, 0.15) is 18.5 Å². The van der Waals surface area contributed by atoms with Gasteiger partial charge in [0.05, 0.1) is 6.04 Å². The van der Waals surface area contributed by atoms with Gasteiger partial charge in [-0.25, -0.2) is 4.39 Å². The van der Waals surface area contributed by atoms with Crippen molar-refractivity contribution in [3.63, 3.8) is 0 Å². The molecule has 0 saturated carbocycles. The Balaban J connectivity index is 1.62. The van der Waals surface area contributed by atoms with Crippen LogP contribution in [0.4, 0.5) is 4.39 Å². The van der Waals surface area contributed by atoms with Crippen LogP contribution >= 0.6 is 0 Å². The predicted octanol–water partition coefficient (Wildman–Crippen LogP) is 3.63. The molecule has 0 unspecified atom stereocenters. The molecule has 0 fully saturated rings. The van der Waals surface area contributed by atoms with Crippen molar-refractivity contribution in [1.82, 2.24) is 10.3 Å². The normalized spacial score (nSPS) is 11.9. The molecule has 1 atom stereocenters. The van der Waals surface area contributed by atoms with Crippen LogP contribution in [-0.2, 0) is 4.79 Å². The zero-order valence-electron chi connectivity index (χ0n) is 13.2. The lowest BCUT2D eigenvalue weighted by Crippen LogP contribution is -2.31. The third kappa shape index (κ3) is 3.68. The van der Waals surface area contributed by atoms with Crippen molar-refractivity contribution in [2.24, 2.45) is 0 Å². The monoisotopic (exact) mass is 324 g/mol. The average Bonchev–Trinajstić information content (AvgIpc) is 2.60. The second-order valence-electron chi connectivity index (χ2n) is 5.46. The first-order valence-corrected chi connectivity index (χ1v) is 7.65. The van der Waals surface area contributed by atoms with Crippen LogP contribution in [0, 0.1) is 5.82 Å². The van der Waals surface area contributed by atoms with Gasteiger partial charge in [0.25, 0.3) is 5.91 Å². The van der Waals surface area contributed by atoms with E-state index in [1.165, 1.54) is 12.1 Å². The maximum absolute atomic E-state index is 12.9. The standard InChI is InChI=1S/C19H17FN2O2/c1-13(14-7-9-16(20)10-8-14)22-18(23)12-24-17-6-2-4-15-5-3-11-21-19(15)17/h2-11,13H,12H2,1H3,(H,22,23)/t13-/m1/s1. The quantitative estimate of drug-likeness (QED) is 0.780. The number of fused-ring (bicyclic) bond motifs is 1. The molecule has 0 bridgehead atoms. The van der Waals surface area contributed by atoms with Crippen molar-refractivity contribution >= 4 is 16.8 Å². The minimum absolute atomic E-state index is 0.110. The predicted molar refractivity (Wildman–Crippen MR) is 90.2 cm³/mol. The van der Waals surface area contributed by atoms with Crippen molar-refractivity contribution in [2.75, 3.05) is 6.61 Å². The molecule has 0 saturated heterocycles. The van der Waals surface area contributed by atoms with E-state index in [1.54, 1.807) is 24.4 Å². The van der Waals surface area contributed by atoms with E-state index in [-0.39, 0.29) is 24.4 Å². The summed E-state index contributed by atoms with van der Waals surface area (Å²) in [7, 11) is 0. The Morgan fingerprint density at radius 3 is 2.71 bits per heavy atom. The Morgan fingerprint density at radius 2 is 1.92 bits per heavy atom. The minimum atomic E-state index is -0.302. The van der Waals surface area contributed by atoms with Crippen LogP contribution in [-0.4, -0.2) is 17.5 Å². The first-order valence-electron chi connectivity index (χ1n) is 7.65. The summed E-state index contributed by atoms with van der Waals surface area (Å²) in [5.41, 5.74) is 1.55. The maximum atomic E-state index is 12.9. The first-order chi connectivity index (χ1) is 11.6. The van der Waals surface area contributed by atoms with Crippen molar-refractivity contribution < 1.29 is 13.9 Å². The summed E-state index contributed by atoms with van der Waals surface area (Å²) in [5, 5.41) is 3.78. The van der Waals surface area contributed by atoms with Gasteiger partial charge in [0.15, 0.2) is 6.61 Å².